The van der Waals surface area contributed by atoms with Crippen molar-refractivity contribution in [3.8, 4) is 5.75 Å². The third-order valence-electron chi connectivity index (χ3n) is 4.09. The van der Waals surface area contributed by atoms with Crippen molar-refractivity contribution in [3.05, 3.63) is 60.8 Å². The Morgan fingerprint density at radius 2 is 1.81 bits per heavy atom. The Morgan fingerprint density at radius 3 is 2.42 bits per heavy atom. The Balaban J connectivity index is 2.02. The number of imidazole rings is 1. The Morgan fingerprint density at radius 1 is 1.15 bits per heavy atom. The highest BCUT2D eigenvalue weighted by Gasteiger charge is 2.27. The number of nitro groups is 1. The number of hydrogen-bond acceptors (Lipinski definition) is 6. The van der Waals surface area contributed by atoms with Crippen LogP contribution >= 0.6 is 0 Å². The summed E-state index contributed by atoms with van der Waals surface area (Å²) in [5.41, 5.74) is -0.212. The molecular formula is C16H17N5O5. The number of ether oxygens (including phenoxy) is 1. The van der Waals surface area contributed by atoms with E-state index < -0.39 is 22.1 Å². The van der Waals surface area contributed by atoms with Gasteiger partial charge in [0.2, 0.25) is 5.65 Å². The average molecular weight is 359 g/mol. The van der Waals surface area contributed by atoms with Gasteiger partial charge in [-0.25, -0.2) is 9.36 Å². The molecule has 136 valence electrons. The van der Waals surface area contributed by atoms with E-state index in [1.165, 1.54) is 23.2 Å². The van der Waals surface area contributed by atoms with Crippen LogP contribution in [0.15, 0.2) is 33.9 Å². The molecule has 1 aromatic carbocycles. The van der Waals surface area contributed by atoms with Crippen molar-refractivity contribution in [2.45, 2.75) is 13.5 Å². The minimum atomic E-state index is -0.685. The molecule has 0 unspecified atom stereocenters. The first-order chi connectivity index (χ1) is 12.3. The van der Waals surface area contributed by atoms with Gasteiger partial charge in [-0.15, -0.1) is 0 Å². The molecule has 3 rings (SSSR count). The van der Waals surface area contributed by atoms with Crippen LogP contribution in [0.1, 0.15) is 5.56 Å². The zero-order valence-corrected chi connectivity index (χ0v) is 14.5. The van der Waals surface area contributed by atoms with Crippen LogP contribution in [-0.4, -0.2) is 30.2 Å². The number of rotatable bonds is 5. The number of aryl methyl sites for hydroxylation is 2. The van der Waals surface area contributed by atoms with E-state index in [1.54, 1.807) is 12.1 Å². The number of nitrogens with zero attached hydrogens (tertiary/aromatic N) is 5. The van der Waals surface area contributed by atoms with Gasteiger partial charge in [-0.3, -0.25) is 13.9 Å². The summed E-state index contributed by atoms with van der Waals surface area (Å²) in [7, 11) is 2.74. The minimum Gasteiger partial charge on any atom is -0.490 e. The quantitative estimate of drug-likeness (QED) is 0.490. The second-order valence-corrected chi connectivity index (χ2v) is 5.86. The summed E-state index contributed by atoms with van der Waals surface area (Å²) in [5, 5.41) is 11.3. The number of aromatic nitrogens is 4. The van der Waals surface area contributed by atoms with Gasteiger partial charge in [-0.1, -0.05) is 22.7 Å². The highest BCUT2D eigenvalue weighted by atomic mass is 16.6. The minimum absolute atomic E-state index is 0.0567. The molecule has 0 amide bonds. The first kappa shape index (κ1) is 17.4. The summed E-state index contributed by atoms with van der Waals surface area (Å²) < 4.78 is 8.85. The highest BCUT2D eigenvalue weighted by Crippen LogP contribution is 2.18. The van der Waals surface area contributed by atoms with Crippen LogP contribution in [0.3, 0.4) is 0 Å². The zero-order valence-electron chi connectivity index (χ0n) is 14.5. The van der Waals surface area contributed by atoms with Gasteiger partial charge in [-0.2, -0.15) is 0 Å². The molecule has 2 heterocycles. The van der Waals surface area contributed by atoms with E-state index in [0.717, 1.165) is 10.1 Å². The van der Waals surface area contributed by atoms with E-state index >= 15 is 0 Å². The van der Waals surface area contributed by atoms with Gasteiger partial charge in [0.25, 0.3) is 5.52 Å². The lowest BCUT2D eigenvalue weighted by Crippen LogP contribution is -2.37. The van der Waals surface area contributed by atoms with Crippen LogP contribution in [0, 0.1) is 17.0 Å². The molecule has 0 N–H and O–H groups in total. The molecule has 0 atom stereocenters. The predicted molar refractivity (Wildman–Crippen MR) is 93.5 cm³/mol. The Kier molecular flexibility index (Phi) is 4.33. The molecule has 0 aliphatic heterocycles. The summed E-state index contributed by atoms with van der Waals surface area (Å²) in [5.74, 6) is 0.110. The molecule has 2 aromatic heterocycles. The van der Waals surface area contributed by atoms with Gasteiger partial charge in [0.15, 0.2) is 0 Å². The molecule has 0 saturated carbocycles. The molecule has 0 aliphatic carbocycles. The molecule has 0 saturated heterocycles. The molecular weight excluding hydrogens is 342 g/mol. The van der Waals surface area contributed by atoms with Gasteiger partial charge < -0.3 is 14.9 Å². The van der Waals surface area contributed by atoms with Gasteiger partial charge in [0, 0.05) is 14.1 Å². The van der Waals surface area contributed by atoms with Crippen molar-refractivity contribution in [2.24, 2.45) is 14.1 Å². The number of fused-ring (bicyclic) bond motifs is 1. The fourth-order valence-electron chi connectivity index (χ4n) is 2.71. The van der Waals surface area contributed by atoms with E-state index in [-0.39, 0.29) is 24.3 Å². The van der Waals surface area contributed by atoms with Crippen LogP contribution in [0.5, 0.6) is 5.75 Å². The van der Waals surface area contributed by atoms with Crippen LogP contribution in [0.25, 0.3) is 11.2 Å². The molecule has 0 spiro atoms. The van der Waals surface area contributed by atoms with Crippen LogP contribution in [0.4, 0.5) is 5.95 Å². The van der Waals surface area contributed by atoms with Gasteiger partial charge in [-0.05, 0) is 24.0 Å². The third-order valence-corrected chi connectivity index (χ3v) is 4.09. The molecule has 10 heteroatoms. The fraction of sp³-hybridized carbons (Fsp3) is 0.312. The molecule has 0 fully saturated rings. The molecule has 0 aliphatic rings. The first-order valence-corrected chi connectivity index (χ1v) is 7.81. The van der Waals surface area contributed by atoms with Crippen molar-refractivity contribution < 1.29 is 9.66 Å². The zero-order chi connectivity index (χ0) is 19.0. The smallest absolute Gasteiger partial charge is 0.437 e. The van der Waals surface area contributed by atoms with E-state index in [4.69, 9.17) is 4.74 Å². The number of benzene rings is 1. The SMILES string of the molecule is Cc1ccc(OCCn2c([N+](=O)[O-])nc3c(=O)n(C)c(=O)n(C)c32)cc1. The number of hydrogen-bond donors (Lipinski definition) is 0. The summed E-state index contributed by atoms with van der Waals surface area (Å²) in [6, 6.07) is 7.36. The van der Waals surface area contributed by atoms with Crippen molar-refractivity contribution >= 4 is 17.1 Å². The third kappa shape index (κ3) is 2.85. The standard InChI is InChI=1S/C16H17N5O5/c1-10-4-6-11(7-5-10)26-9-8-20-13-12(17-15(20)21(24)25)14(22)19(3)16(23)18(13)2/h4-7H,8-9H2,1-3H3. The normalized spacial score (nSPS) is 11.0. The van der Waals surface area contributed by atoms with Gasteiger partial charge in [0.1, 0.15) is 18.9 Å². The van der Waals surface area contributed by atoms with Gasteiger partial charge >= 0.3 is 17.2 Å². The maximum Gasteiger partial charge on any atom is 0.437 e. The highest BCUT2D eigenvalue weighted by molar-refractivity contribution is 5.72. The Hall–Kier alpha value is -3.43. The summed E-state index contributed by atoms with van der Waals surface area (Å²) in [6.45, 7) is 2.12. The second kappa shape index (κ2) is 6.47. The van der Waals surface area contributed by atoms with Crippen molar-refractivity contribution in [1.29, 1.82) is 0 Å². The maximum absolute atomic E-state index is 12.2. The molecule has 0 radical (unpaired) electrons. The van der Waals surface area contributed by atoms with Crippen molar-refractivity contribution in [2.75, 3.05) is 6.61 Å². The molecule has 26 heavy (non-hydrogen) atoms. The fourth-order valence-corrected chi connectivity index (χ4v) is 2.71. The summed E-state index contributed by atoms with van der Waals surface area (Å²) in [6.07, 6.45) is 0. The van der Waals surface area contributed by atoms with Crippen LogP contribution in [0.2, 0.25) is 0 Å². The molecule has 3 aromatic rings. The lowest BCUT2D eigenvalue weighted by atomic mass is 10.2. The largest absolute Gasteiger partial charge is 0.490 e. The summed E-state index contributed by atoms with van der Waals surface area (Å²) in [4.78, 5) is 38.9. The first-order valence-electron chi connectivity index (χ1n) is 7.81. The topological polar surface area (TPSA) is 114 Å². The lowest BCUT2D eigenvalue weighted by molar-refractivity contribution is -0.396. The second-order valence-electron chi connectivity index (χ2n) is 5.86. The van der Waals surface area contributed by atoms with E-state index in [0.29, 0.717) is 5.75 Å². The van der Waals surface area contributed by atoms with E-state index in [1.807, 2.05) is 19.1 Å². The van der Waals surface area contributed by atoms with Crippen molar-refractivity contribution in [1.82, 2.24) is 18.7 Å². The van der Waals surface area contributed by atoms with Gasteiger partial charge in [0.05, 0.1) is 0 Å². The summed E-state index contributed by atoms with van der Waals surface area (Å²) >= 11 is 0. The maximum atomic E-state index is 12.2. The Labute approximate surface area is 147 Å². The Bertz CT molecular complexity index is 1110. The van der Waals surface area contributed by atoms with E-state index in [2.05, 4.69) is 4.98 Å². The average Bonchev–Trinajstić information content (AvgIpc) is 3.00. The molecule has 0 bridgehead atoms. The van der Waals surface area contributed by atoms with Crippen LogP contribution in [-0.2, 0) is 20.6 Å². The monoisotopic (exact) mass is 359 g/mol. The molecule has 10 nitrogen and oxygen atoms in total. The lowest BCUT2D eigenvalue weighted by Gasteiger charge is -2.08. The van der Waals surface area contributed by atoms with Crippen LogP contribution < -0.4 is 16.0 Å². The predicted octanol–water partition coefficient (Wildman–Crippen LogP) is 0.729. The van der Waals surface area contributed by atoms with Crippen molar-refractivity contribution in [3.63, 3.8) is 0 Å². The van der Waals surface area contributed by atoms with E-state index in [9.17, 15) is 19.7 Å².